The summed E-state index contributed by atoms with van der Waals surface area (Å²) in [5.74, 6) is 0.618. The second kappa shape index (κ2) is 11.2. The van der Waals surface area contributed by atoms with Crippen LogP contribution in [0.2, 0.25) is 0 Å². The number of allylic oxidation sites excluding steroid dienone is 4. The third kappa shape index (κ3) is 5.84. The second-order valence-corrected chi connectivity index (χ2v) is 9.20. The number of para-hydroxylation sites is 1. The monoisotopic (exact) mass is 491 g/mol. The maximum atomic E-state index is 12.7. The van der Waals surface area contributed by atoms with Crippen molar-refractivity contribution in [3.63, 3.8) is 0 Å². The minimum atomic E-state index is -0.703. The third-order valence-corrected chi connectivity index (χ3v) is 6.52. The molecule has 36 heavy (non-hydrogen) atoms. The summed E-state index contributed by atoms with van der Waals surface area (Å²) in [5.41, 5.74) is 4.73. The van der Waals surface area contributed by atoms with E-state index in [0.29, 0.717) is 40.7 Å². The molecule has 0 saturated heterocycles. The van der Waals surface area contributed by atoms with Gasteiger partial charge in [-0.3, -0.25) is 0 Å². The Balaban J connectivity index is 1.46. The Kier molecular flexibility index (Phi) is 7.87. The van der Waals surface area contributed by atoms with E-state index < -0.39 is 18.0 Å². The largest absolute Gasteiger partial charge is 0.487 e. The van der Waals surface area contributed by atoms with Crippen LogP contribution in [0, 0.1) is 5.92 Å². The number of carbonyl (C=O) groups excluding carboxylic acids is 2. The lowest BCUT2D eigenvalue weighted by atomic mass is 9.85. The Labute approximate surface area is 211 Å². The maximum Gasteiger partial charge on any atom is 0.338 e. The van der Waals surface area contributed by atoms with Gasteiger partial charge in [0.1, 0.15) is 18.1 Å². The quantitative estimate of drug-likeness (QED) is 0.399. The SMILES string of the molecule is C=C(C)[C@@H]1CC=C(Cn2cc(COc3ccccc3C3NC(=O)NC(C)=C3C(=O)OCC)nn2)CC1. The molecule has 1 aliphatic carbocycles. The fourth-order valence-corrected chi connectivity index (χ4v) is 4.58. The van der Waals surface area contributed by atoms with E-state index >= 15 is 0 Å². The van der Waals surface area contributed by atoms with Gasteiger partial charge in [0.25, 0.3) is 0 Å². The molecular formula is C27H33N5O4. The maximum absolute atomic E-state index is 12.7. The van der Waals surface area contributed by atoms with Gasteiger partial charge in [-0.25, -0.2) is 14.3 Å². The second-order valence-electron chi connectivity index (χ2n) is 9.20. The summed E-state index contributed by atoms with van der Waals surface area (Å²) in [7, 11) is 0. The first-order chi connectivity index (χ1) is 17.4. The fourth-order valence-electron chi connectivity index (χ4n) is 4.58. The summed E-state index contributed by atoms with van der Waals surface area (Å²) in [4.78, 5) is 24.9. The summed E-state index contributed by atoms with van der Waals surface area (Å²) in [6, 6.07) is 6.20. The van der Waals surface area contributed by atoms with Crippen LogP contribution in [-0.4, -0.2) is 33.6 Å². The molecule has 2 heterocycles. The Morgan fingerprint density at radius 2 is 2.11 bits per heavy atom. The Bertz CT molecular complexity index is 1210. The van der Waals surface area contributed by atoms with Crippen molar-refractivity contribution in [2.45, 2.75) is 59.2 Å². The first-order valence-corrected chi connectivity index (χ1v) is 12.2. The number of ether oxygens (including phenoxy) is 2. The third-order valence-electron chi connectivity index (χ3n) is 6.52. The van der Waals surface area contributed by atoms with Crippen LogP contribution in [-0.2, 0) is 22.7 Å². The van der Waals surface area contributed by atoms with Crippen molar-refractivity contribution < 1.29 is 19.1 Å². The van der Waals surface area contributed by atoms with Crippen molar-refractivity contribution in [1.82, 2.24) is 25.6 Å². The van der Waals surface area contributed by atoms with Gasteiger partial charge in [0.05, 0.1) is 31.0 Å². The molecule has 2 atom stereocenters. The minimum Gasteiger partial charge on any atom is -0.487 e. The lowest BCUT2D eigenvalue weighted by molar-refractivity contribution is -0.139. The molecule has 190 valence electrons. The molecule has 1 aromatic heterocycles. The highest BCUT2D eigenvalue weighted by molar-refractivity contribution is 5.95. The number of urea groups is 1. The zero-order valence-electron chi connectivity index (χ0n) is 21.0. The van der Waals surface area contributed by atoms with Crippen molar-refractivity contribution in [3.05, 3.63) is 76.8 Å². The van der Waals surface area contributed by atoms with Crippen LogP contribution in [0.5, 0.6) is 5.75 Å². The van der Waals surface area contributed by atoms with Crippen molar-refractivity contribution in [3.8, 4) is 5.75 Å². The molecule has 1 unspecified atom stereocenters. The van der Waals surface area contributed by atoms with E-state index in [2.05, 4.69) is 40.5 Å². The highest BCUT2D eigenvalue weighted by Crippen LogP contribution is 2.34. The number of hydrogen-bond acceptors (Lipinski definition) is 6. The van der Waals surface area contributed by atoms with Crippen LogP contribution in [0.4, 0.5) is 4.79 Å². The normalized spacial score (nSPS) is 19.8. The molecule has 9 nitrogen and oxygen atoms in total. The minimum absolute atomic E-state index is 0.199. The summed E-state index contributed by atoms with van der Waals surface area (Å²) >= 11 is 0. The number of nitrogens with zero attached hydrogens (tertiary/aromatic N) is 3. The number of carbonyl (C=O) groups is 2. The highest BCUT2D eigenvalue weighted by atomic mass is 16.5. The molecular weight excluding hydrogens is 458 g/mol. The predicted molar refractivity (Wildman–Crippen MR) is 135 cm³/mol. The van der Waals surface area contributed by atoms with Crippen molar-refractivity contribution in [1.29, 1.82) is 0 Å². The lowest BCUT2D eigenvalue weighted by Crippen LogP contribution is -2.45. The molecule has 2 aliphatic rings. The van der Waals surface area contributed by atoms with E-state index in [4.69, 9.17) is 9.47 Å². The zero-order chi connectivity index (χ0) is 25.7. The van der Waals surface area contributed by atoms with Crippen molar-refractivity contribution in [2.75, 3.05) is 6.61 Å². The van der Waals surface area contributed by atoms with Gasteiger partial charge in [0, 0.05) is 11.3 Å². The Hall–Kier alpha value is -3.88. The van der Waals surface area contributed by atoms with Crippen LogP contribution >= 0.6 is 0 Å². The number of benzene rings is 1. The topological polar surface area (TPSA) is 107 Å². The van der Waals surface area contributed by atoms with Gasteiger partial charge in [-0.05, 0) is 52.0 Å². The van der Waals surface area contributed by atoms with Gasteiger partial charge in [-0.2, -0.15) is 0 Å². The van der Waals surface area contributed by atoms with Gasteiger partial charge in [-0.15, -0.1) is 5.10 Å². The highest BCUT2D eigenvalue weighted by Gasteiger charge is 2.33. The molecule has 1 aromatic carbocycles. The van der Waals surface area contributed by atoms with Crippen LogP contribution in [0.1, 0.15) is 57.3 Å². The van der Waals surface area contributed by atoms with E-state index in [1.54, 1.807) is 19.9 Å². The molecule has 9 heteroatoms. The molecule has 0 fully saturated rings. The smallest absolute Gasteiger partial charge is 0.338 e. The zero-order valence-corrected chi connectivity index (χ0v) is 21.0. The Morgan fingerprint density at radius 1 is 1.31 bits per heavy atom. The first-order valence-electron chi connectivity index (χ1n) is 12.2. The van der Waals surface area contributed by atoms with Gasteiger partial charge in [0.15, 0.2) is 0 Å². The summed E-state index contributed by atoms with van der Waals surface area (Å²) in [5, 5.41) is 14.0. The van der Waals surface area contributed by atoms with E-state index in [9.17, 15) is 9.59 Å². The average Bonchev–Trinajstić information content (AvgIpc) is 3.30. The van der Waals surface area contributed by atoms with Crippen LogP contribution in [0.15, 0.2) is 65.5 Å². The standard InChI is InChI=1S/C27H33N5O4/c1-5-35-26(33)24-18(4)28-27(34)29-25(24)22-8-6-7-9-23(22)36-16-21-15-32(31-30-21)14-19-10-12-20(13-11-19)17(2)3/h6-10,15,20,25H,2,5,11-14,16H2,1,3-4H3,(H2,28,29,34)/t20-,25?/m1/s1. The summed E-state index contributed by atoms with van der Waals surface area (Å²) < 4.78 is 13.2. The van der Waals surface area contributed by atoms with Crippen molar-refractivity contribution >= 4 is 12.0 Å². The molecule has 0 bridgehead atoms. The molecule has 0 radical (unpaired) electrons. The molecule has 0 saturated carbocycles. The Morgan fingerprint density at radius 3 is 2.83 bits per heavy atom. The predicted octanol–water partition coefficient (Wildman–Crippen LogP) is 4.35. The number of esters is 1. The first kappa shape index (κ1) is 25.2. The van der Waals surface area contributed by atoms with Crippen LogP contribution in [0.25, 0.3) is 0 Å². The molecule has 2 amide bonds. The molecule has 2 N–H and O–H groups in total. The number of hydrogen-bond donors (Lipinski definition) is 2. The average molecular weight is 492 g/mol. The molecule has 4 rings (SSSR count). The number of aromatic nitrogens is 3. The number of nitrogens with one attached hydrogen (secondary N) is 2. The van der Waals surface area contributed by atoms with E-state index in [1.807, 2.05) is 29.1 Å². The van der Waals surface area contributed by atoms with Gasteiger partial charge >= 0.3 is 12.0 Å². The molecule has 1 aliphatic heterocycles. The van der Waals surface area contributed by atoms with Gasteiger partial charge < -0.3 is 20.1 Å². The number of amides is 2. The summed E-state index contributed by atoms with van der Waals surface area (Å²) in [6.45, 7) is 10.7. The van der Waals surface area contributed by atoms with E-state index in [0.717, 1.165) is 19.3 Å². The van der Waals surface area contributed by atoms with E-state index in [-0.39, 0.29) is 13.2 Å². The molecule has 2 aromatic rings. The molecule has 0 spiro atoms. The lowest BCUT2D eigenvalue weighted by Gasteiger charge is -2.29. The van der Waals surface area contributed by atoms with E-state index in [1.165, 1.54) is 11.1 Å². The van der Waals surface area contributed by atoms with Crippen molar-refractivity contribution in [2.24, 2.45) is 5.92 Å². The van der Waals surface area contributed by atoms with Gasteiger partial charge in [-0.1, -0.05) is 47.2 Å². The fraction of sp³-hybridized carbons (Fsp3) is 0.407. The number of rotatable bonds is 9. The van der Waals surface area contributed by atoms with Gasteiger partial charge in [0.2, 0.25) is 0 Å². The van der Waals surface area contributed by atoms with Crippen LogP contribution < -0.4 is 15.4 Å². The van der Waals surface area contributed by atoms with Crippen LogP contribution in [0.3, 0.4) is 0 Å². The summed E-state index contributed by atoms with van der Waals surface area (Å²) in [6.07, 6.45) is 7.36.